The van der Waals surface area contributed by atoms with E-state index in [0.29, 0.717) is 17.8 Å². The van der Waals surface area contributed by atoms with Gasteiger partial charge < -0.3 is 5.84 Å². The molecular weight excluding hydrogens is 157 g/mol. The summed E-state index contributed by atoms with van der Waals surface area (Å²) in [5, 5.41) is 3.54. The van der Waals surface area contributed by atoms with E-state index in [2.05, 4.69) is 10.1 Å². The van der Waals surface area contributed by atoms with Crippen LogP contribution in [0.5, 0.6) is 0 Å². The van der Waals surface area contributed by atoms with Gasteiger partial charge in [0, 0.05) is 0 Å². The molecule has 0 aromatic carbocycles. The van der Waals surface area contributed by atoms with Crippen molar-refractivity contribution < 1.29 is 4.39 Å². The van der Waals surface area contributed by atoms with Crippen LogP contribution in [0.1, 0.15) is 19.0 Å². The summed E-state index contributed by atoms with van der Waals surface area (Å²) in [4.78, 5) is 3.83. The number of rotatable bonds is 2. The Hall–Kier alpha value is -1.45. The summed E-state index contributed by atoms with van der Waals surface area (Å²) in [6.45, 7) is 1.91. The van der Waals surface area contributed by atoms with Crippen LogP contribution >= 0.6 is 0 Å². The molecule has 12 heavy (non-hydrogen) atoms. The van der Waals surface area contributed by atoms with Gasteiger partial charge in [-0.2, -0.15) is 5.10 Å². The summed E-state index contributed by atoms with van der Waals surface area (Å²) in [6.07, 6.45) is 1.84. The van der Waals surface area contributed by atoms with Gasteiger partial charge in [0.05, 0.1) is 17.6 Å². The summed E-state index contributed by atoms with van der Waals surface area (Å²) < 4.78 is 12.4. The average Bonchev–Trinajstić information content (AvgIpc) is 2.10. The van der Waals surface area contributed by atoms with Gasteiger partial charge in [-0.05, 0) is 18.6 Å². The lowest BCUT2D eigenvalue weighted by molar-refractivity contribution is 0.621. The number of halogens is 1. The Morgan fingerprint density at radius 3 is 2.83 bits per heavy atom. The fraction of sp³-hybridized carbons (Fsp3) is 0.250. The second kappa shape index (κ2) is 3.80. The van der Waals surface area contributed by atoms with Crippen LogP contribution < -0.4 is 5.84 Å². The lowest BCUT2D eigenvalue weighted by atomic mass is 10.2. The molecule has 1 rings (SSSR count). The summed E-state index contributed by atoms with van der Waals surface area (Å²) >= 11 is 0. The van der Waals surface area contributed by atoms with Crippen LogP contribution in [0.4, 0.5) is 4.39 Å². The first-order chi connectivity index (χ1) is 5.77. The molecule has 0 saturated carbocycles. The third-order valence-corrected chi connectivity index (χ3v) is 1.51. The maximum Gasteiger partial charge on any atom is 0.141 e. The van der Waals surface area contributed by atoms with Gasteiger partial charge in [-0.15, -0.1) is 0 Å². The second-order valence-electron chi connectivity index (χ2n) is 2.29. The fourth-order valence-corrected chi connectivity index (χ4v) is 0.885. The number of nitrogens with zero attached hydrogens (tertiary/aromatic N) is 2. The first kappa shape index (κ1) is 8.64. The highest BCUT2D eigenvalue weighted by Crippen LogP contribution is 2.01. The number of hydrogen-bond donors (Lipinski definition) is 1. The number of aromatic nitrogens is 1. The highest BCUT2D eigenvalue weighted by Gasteiger charge is 2.01. The average molecular weight is 167 g/mol. The van der Waals surface area contributed by atoms with Crippen molar-refractivity contribution in [1.29, 1.82) is 0 Å². The molecule has 1 aromatic rings. The Labute approximate surface area is 70.1 Å². The predicted octanol–water partition coefficient (Wildman–Crippen LogP) is 1.29. The Morgan fingerprint density at radius 1 is 1.67 bits per heavy atom. The molecule has 0 radical (unpaired) electrons. The minimum Gasteiger partial charge on any atom is -0.323 e. The van der Waals surface area contributed by atoms with Crippen molar-refractivity contribution in [3.63, 3.8) is 0 Å². The van der Waals surface area contributed by atoms with E-state index in [1.54, 1.807) is 6.07 Å². The van der Waals surface area contributed by atoms with Crippen molar-refractivity contribution in [2.24, 2.45) is 10.9 Å². The van der Waals surface area contributed by atoms with Crippen molar-refractivity contribution in [2.75, 3.05) is 0 Å². The van der Waals surface area contributed by atoms with Crippen molar-refractivity contribution in [3.05, 3.63) is 29.8 Å². The maximum absolute atomic E-state index is 12.4. The fourth-order valence-electron chi connectivity index (χ4n) is 0.885. The number of hydrogen-bond acceptors (Lipinski definition) is 3. The van der Waals surface area contributed by atoms with Gasteiger partial charge in [-0.1, -0.05) is 6.92 Å². The van der Waals surface area contributed by atoms with Crippen molar-refractivity contribution >= 4 is 5.71 Å². The molecule has 64 valence electrons. The SMILES string of the molecule is CC/C(=N/N)c1ccc(F)cn1. The van der Waals surface area contributed by atoms with Crippen LogP contribution in [0.2, 0.25) is 0 Å². The maximum atomic E-state index is 12.4. The van der Waals surface area contributed by atoms with E-state index in [4.69, 9.17) is 5.84 Å². The smallest absolute Gasteiger partial charge is 0.141 e. The van der Waals surface area contributed by atoms with Crippen molar-refractivity contribution in [1.82, 2.24) is 4.98 Å². The van der Waals surface area contributed by atoms with Gasteiger partial charge in [-0.3, -0.25) is 4.98 Å². The third-order valence-electron chi connectivity index (χ3n) is 1.51. The molecule has 0 atom stereocenters. The first-order valence-corrected chi connectivity index (χ1v) is 3.66. The summed E-state index contributed by atoms with van der Waals surface area (Å²) in [7, 11) is 0. The molecule has 0 aliphatic rings. The summed E-state index contributed by atoms with van der Waals surface area (Å²) in [5.41, 5.74) is 1.30. The largest absolute Gasteiger partial charge is 0.323 e. The number of nitrogens with two attached hydrogens (primary N) is 1. The highest BCUT2D eigenvalue weighted by molar-refractivity contribution is 5.98. The molecule has 0 saturated heterocycles. The van der Waals surface area contributed by atoms with Gasteiger partial charge in [0.25, 0.3) is 0 Å². The van der Waals surface area contributed by atoms with Crippen LogP contribution in [0, 0.1) is 5.82 Å². The lowest BCUT2D eigenvalue weighted by Gasteiger charge is -1.99. The molecule has 2 N–H and O–H groups in total. The van der Waals surface area contributed by atoms with Crippen molar-refractivity contribution in [3.8, 4) is 0 Å². The van der Waals surface area contributed by atoms with E-state index >= 15 is 0 Å². The molecular formula is C8H10FN3. The van der Waals surface area contributed by atoms with Gasteiger partial charge in [0.15, 0.2) is 0 Å². The standard InChI is InChI=1S/C8H10FN3/c1-2-7(12-10)8-4-3-6(9)5-11-8/h3-5H,2,10H2,1H3/b12-7-. The van der Waals surface area contributed by atoms with E-state index in [9.17, 15) is 4.39 Å². The number of hydrazone groups is 1. The molecule has 0 amide bonds. The molecule has 0 bridgehead atoms. The quantitative estimate of drug-likeness (QED) is 0.410. The zero-order valence-corrected chi connectivity index (χ0v) is 6.79. The van der Waals surface area contributed by atoms with Crippen LogP contribution in [-0.2, 0) is 0 Å². The zero-order chi connectivity index (χ0) is 8.97. The van der Waals surface area contributed by atoms with Crippen LogP contribution in [0.25, 0.3) is 0 Å². The lowest BCUT2D eigenvalue weighted by Crippen LogP contribution is -2.04. The Morgan fingerprint density at radius 2 is 2.42 bits per heavy atom. The predicted molar refractivity (Wildman–Crippen MR) is 45.2 cm³/mol. The molecule has 4 heteroatoms. The first-order valence-electron chi connectivity index (χ1n) is 3.66. The van der Waals surface area contributed by atoms with Gasteiger partial charge >= 0.3 is 0 Å². The van der Waals surface area contributed by atoms with E-state index in [1.165, 1.54) is 6.07 Å². The Balaban J connectivity index is 2.96. The Bertz CT molecular complexity index is 279. The Kier molecular flexibility index (Phi) is 2.74. The van der Waals surface area contributed by atoms with Crippen LogP contribution in [0.15, 0.2) is 23.4 Å². The van der Waals surface area contributed by atoms with E-state index in [0.717, 1.165) is 6.20 Å². The molecule has 0 spiro atoms. The molecule has 0 fully saturated rings. The normalized spacial score (nSPS) is 11.7. The molecule has 0 aliphatic heterocycles. The van der Waals surface area contributed by atoms with Crippen molar-refractivity contribution in [2.45, 2.75) is 13.3 Å². The zero-order valence-electron chi connectivity index (χ0n) is 6.79. The van der Waals surface area contributed by atoms with E-state index < -0.39 is 0 Å². The van der Waals surface area contributed by atoms with Crippen LogP contribution in [-0.4, -0.2) is 10.7 Å². The van der Waals surface area contributed by atoms with Gasteiger partial charge in [0.1, 0.15) is 5.82 Å². The topological polar surface area (TPSA) is 51.3 Å². The van der Waals surface area contributed by atoms with Gasteiger partial charge in [-0.25, -0.2) is 4.39 Å². The summed E-state index contributed by atoms with van der Waals surface area (Å²) in [6, 6.07) is 2.90. The third kappa shape index (κ3) is 1.78. The minimum atomic E-state index is -0.355. The van der Waals surface area contributed by atoms with Gasteiger partial charge in [0.2, 0.25) is 0 Å². The molecule has 0 unspecified atom stereocenters. The van der Waals surface area contributed by atoms with E-state index in [1.807, 2.05) is 6.92 Å². The molecule has 1 heterocycles. The second-order valence-corrected chi connectivity index (χ2v) is 2.29. The summed E-state index contributed by atoms with van der Waals surface area (Å²) in [5.74, 6) is 4.75. The molecule has 0 aliphatic carbocycles. The number of pyridine rings is 1. The monoisotopic (exact) mass is 167 g/mol. The minimum absolute atomic E-state index is 0.355. The molecule has 1 aromatic heterocycles. The molecule has 3 nitrogen and oxygen atoms in total. The van der Waals surface area contributed by atoms with Crippen LogP contribution in [0.3, 0.4) is 0 Å². The van der Waals surface area contributed by atoms with E-state index in [-0.39, 0.29) is 5.82 Å². The highest BCUT2D eigenvalue weighted by atomic mass is 19.1.